The van der Waals surface area contributed by atoms with E-state index in [4.69, 9.17) is 54.9 Å². The Labute approximate surface area is 349 Å². The van der Waals surface area contributed by atoms with Crippen molar-refractivity contribution in [2.24, 2.45) is 5.92 Å². The van der Waals surface area contributed by atoms with Crippen LogP contribution in [0.5, 0.6) is 5.75 Å². The minimum atomic E-state index is -1.83. The molecule has 4 bridgehead atoms. The van der Waals surface area contributed by atoms with Crippen molar-refractivity contribution in [2.75, 3.05) is 65.7 Å². The summed E-state index contributed by atoms with van der Waals surface area (Å²) < 4.78 is 45.9. The van der Waals surface area contributed by atoms with Crippen LogP contribution in [-0.2, 0) is 54.0 Å². The van der Waals surface area contributed by atoms with E-state index in [0.717, 1.165) is 11.1 Å². The van der Waals surface area contributed by atoms with Crippen LogP contribution in [0.15, 0.2) is 48.1 Å². The van der Waals surface area contributed by atoms with Crippen molar-refractivity contribution in [3.05, 3.63) is 58.7 Å². The van der Waals surface area contributed by atoms with Crippen molar-refractivity contribution < 1.29 is 62.2 Å². The molecular formula is C41H55ClN4O13. The number of nitrogens with zero attached hydrogens (tertiary/aromatic N) is 2. The Morgan fingerprint density at radius 1 is 1.12 bits per heavy atom. The highest BCUT2D eigenvalue weighted by Gasteiger charge is 2.64. The van der Waals surface area contributed by atoms with Gasteiger partial charge in [0.25, 0.3) is 5.91 Å². The number of amides is 3. The van der Waals surface area contributed by atoms with Crippen LogP contribution in [0, 0.1) is 11.3 Å². The summed E-state index contributed by atoms with van der Waals surface area (Å²) in [6.45, 7) is 8.14. The highest BCUT2D eigenvalue weighted by atomic mass is 35.5. The van der Waals surface area contributed by atoms with E-state index in [2.05, 4.69) is 5.32 Å². The van der Waals surface area contributed by atoms with Gasteiger partial charge in [-0.05, 0) is 51.0 Å². The number of benzene rings is 1. The van der Waals surface area contributed by atoms with Crippen molar-refractivity contribution in [2.45, 2.75) is 88.8 Å². The van der Waals surface area contributed by atoms with Gasteiger partial charge in [0.1, 0.15) is 40.5 Å². The Morgan fingerprint density at radius 3 is 2.51 bits per heavy atom. The van der Waals surface area contributed by atoms with E-state index in [-0.39, 0.29) is 69.2 Å². The number of carbonyl (C=O) groups excluding carboxylic acids is 4. The molecule has 0 spiro atoms. The van der Waals surface area contributed by atoms with Gasteiger partial charge >= 0.3 is 12.1 Å². The van der Waals surface area contributed by atoms with E-state index < -0.39 is 65.7 Å². The molecule has 1 aromatic carbocycles. The first kappa shape index (κ1) is 45.7. The SMILES string of the molecule is COc1cc2cc(c1Cl)N(C)C(=O)C[C@H](OC(=O)[C@H](C)OCCOCCOCCN1C(=N)C=CC1=O)[C@]1(C)O[C@H]1[C@H](C)C1C[C@@](O)(NC(=O)O1)[C@H](OC)/C=C/C=C(\C)C2. The lowest BCUT2D eigenvalue weighted by atomic mass is 9.83. The molecule has 0 aliphatic carbocycles. The number of hydrogen-bond donors (Lipinski definition) is 3. The van der Waals surface area contributed by atoms with Crippen molar-refractivity contribution in [1.29, 1.82) is 5.41 Å². The number of halogens is 1. The zero-order chi connectivity index (χ0) is 43.1. The molecule has 4 heterocycles. The molecule has 2 fully saturated rings. The third-order valence-corrected chi connectivity index (χ3v) is 11.3. The third kappa shape index (κ3) is 11.1. The zero-order valence-electron chi connectivity index (χ0n) is 34.5. The van der Waals surface area contributed by atoms with E-state index in [1.807, 2.05) is 13.0 Å². The monoisotopic (exact) mass is 846 g/mol. The van der Waals surface area contributed by atoms with Crippen molar-refractivity contribution in [1.82, 2.24) is 10.2 Å². The fourth-order valence-electron chi connectivity index (χ4n) is 7.35. The number of allylic oxidation sites excluding steroid dienone is 3. The van der Waals surface area contributed by atoms with Crippen LogP contribution < -0.4 is 15.0 Å². The number of hydrogen-bond acceptors (Lipinski definition) is 14. The molecule has 324 valence electrons. The van der Waals surface area contributed by atoms with Crippen molar-refractivity contribution in [3.63, 3.8) is 0 Å². The fraction of sp³-hybridized carbons (Fsp3) is 0.585. The summed E-state index contributed by atoms with van der Waals surface area (Å²) in [5.74, 6) is -1.47. The minimum absolute atomic E-state index is 0.0497. The van der Waals surface area contributed by atoms with Crippen LogP contribution in [0.3, 0.4) is 0 Å². The van der Waals surface area contributed by atoms with Crippen LogP contribution in [0.4, 0.5) is 10.5 Å². The first-order chi connectivity index (χ1) is 28.0. The molecule has 4 aliphatic heterocycles. The predicted molar refractivity (Wildman–Crippen MR) is 214 cm³/mol. The molecule has 0 radical (unpaired) electrons. The summed E-state index contributed by atoms with van der Waals surface area (Å²) in [7, 11) is 4.49. The van der Waals surface area contributed by atoms with Gasteiger partial charge in [0.05, 0.1) is 64.9 Å². The standard InChI is InChI=1S/C41H55ClN4O13/c1-24-9-8-10-31(53-7)41(51)23-30(57-39(50)44-41)25(2)37-40(4,59-37)32(22-35(48)45(5)28-20-27(19-24)21-29(52-6)36(28)42)58-38(49)26(3)56-18-17-55-16-15-54-14-13-46-33(43)11-12-34(46)47/h8-12,20-21,25-26,30-32,37,43,51H,13-19,22-23H2,1-7H3,(H,44,50)/b10-8+,24-9+,43-33?/t25-,26+,30?,31-,32+,37+,40+,41+/m1/s1. The summed E-state index contributed by atoms with van der Waals surface area (Å²) in [4.78, 5) is 55.0. The Kier molecular flexibility index (Phi) is 15.3. The summed E-state index contributed by atoms with van der Waals surface area (Å²) >= 11 is 6.76. The van der Waals surface area contributed by atoms with Gasteiger partial charge in [-0.2, -0.15) is 0 Å². The van der Waals surface area contributed by atoms with Gasteiger partial charge in [0.2, 0.25) is 5.91 Å². The van der Waals surface area contributed by atoms with Gasteiger partial charge in [-0.25, -0.2) is 9.59 Å². The summed E-state index contributed by atoms with van der Waals surface area (Å²) in [5.41, 5.74) is -0.933. The van der Waals surface area contributed by atoms with Crippen LogP contribution in [0.25, 0.3) is 0 Å². The van der Waals surface area contributed by atoms with E-state index in [1.165, 1.54) is 43.1 Å². The number of ether oxygens (including phenoxy) is 8. The average Bonchev–Trinajstić information content (AvgIpc) is 3.79. The van der Waals surface area contributed by atoms with Gasteiger partial charge in [-0.15, -0.1) is 0 Å². The van der Waals surface area contributed by atoms with Gasteiger partial charge < -0.3 is 47.9 Å². The molecule has 0 aromatic heterocycles. The molecule has 1 aromatic rings. The largest absolute Gasteiger partial charge is 0.495 e. The quantitative estimate of drug-likeness (QED) is 0.139. The van der Waals surface area contributed by atoms with Crippen molar-refractivity contribution in [3.8, 4) is 5.75 Å². The molecule has 3 N–H and O–H groups in total. The third-order valence-electron chi connectivity index (χ3n) is 10.9. The summed E-state index contributed by atoms with van der Waals surface area (Å²) in [6.07, 6.45) is 2.62. The maximum absolute atomic E-state index is 14.1. The highest BCUT2D eigenvalue weighted by molar-refractivity contribution is 6.35. The number of methoxy groups -OCH3 is 2. The number of fused-ring (bicyclic) bond motifs is 5. The molecule has 1 unspecified atom stereocenters. The Bertz CT molecular complexity index is 1820. The van der Waals surface area contributed by atoms with Crippen LogP contribution in [-0.4, -0.2) is 142 Å². The molecule has 59 heavy (non-hydrogen) atoms. The lowest BCUT2D eigenvalue weighted by Crippen LogP contribution is -2.63. The Balaban J connectivity index is 1.29. The highest BCUT2D eigenvalue weighted by Crippen LogP contribution is 2.49. The number of anilines is 1. The molecule has 2 saturated heterocycles. The van der Waals surface area contributed by atoms with Crippen LogP contribution in [0.2, 0.25) is 5.02 Å². The van der Waals surface area contributed by atoms with Gasteiger partial charge in [-0.1, -0.05) is 42.3 Å². The molecule has 4 aliphatic rings. The molecular weight excluding hydrogens is 792 g/mol. The van der Waals surface area contributed by atoms with E-state index in [1.54, 1.807) is 45.2 Å². The zero-order valence-corrected chi connectivity index (χ0v) is 35.2. The summed E-state index contributed by atoms with van der Waals surface area (Å²) in [6, 6.07) is 3.58. The van der Waals surface area contributed by atoms with E-state index in [0.29, 0.717) is 17.9 Å². The molecule has 3 amide bonds. The minimum Gasteiger partial charge on any atom is -0.495 e. The second-order valence-corrected chi connectivity index (χ2v) is 15.5. The second-order valence-electron chi connectivity index (χ2n) is 15.2. The second kappa shape index (κ2) is 19.8. The number of alkyl carbamates (subject to hydrolysis) is 1. The lowest BCUT2D eigenvalue weighted by Gasteiger charge is -2.42. The summed E-state index contributed by atoms with van der Waals surface area (Å²) in [5, 5.41) is 22.2. The first-order valence-electron chi connectivity index (χ1n) is 19.5. The van der Waals surface area contributed by atoms with Gasteiger partial charge in [-0.3, -0.25) is 25.2 Å². The first-order valence-corrected chi connectivity index (χ1v) is 19.8. The Morgan fingerprint density at radius 2 is 1.83 bits per heavy atom. The number of rotatable bonds is 14. The lowest BCUT2D eigenvalue weighted by molar-refractivity contribution is -0.166. The maximum atomic E-state index is 14.1. The number of epoxide rings is 1. The molecule has 0 saturated carbocycles. The smallest absolute Gasteiger partial charge is 0.409 e. The van der Waals surface area contributed by atoms with Gasteiger partial charge in [0, 0.05) is 32.6 Å². The number of nitrogens with one attached hydrogen (secondary N) is 2. The number of amidine groups is 1. The number of aliphatic hydroxyl groups is 1. The number of esters is 1. The predicted octanol–water partition coefficient (Wildman–Crippen LogP) is 3.48. The molecule has 8 atom stereocenters. The van der Waals surface area contributed by atoms with Gasteiger partial charge in [0.15, 0.2) is 11.8 Å². The van der Waals surface area contributed by atoms with E-state index in [9.17, 15) is 24.3 Å². The molecule has 5 rings (SSSR count). The molecule has 17 nitrogen and oxygen atoms in total. The molecule has 18 heteroatoms. The average molecular weight is 847 g/mol. The normalized spacial score (nSPS) is 30.5. The van der Waals surface area contributed by atoms with Crippen molar-refractivity contribution >= 4 is 47.0 Å². The van der Waals surface area contributed by atoms with E-state index >= 15 is 0 Å². The maximum Gasteiger partial charge on any atom is 0.409 e. The number of carbonyl (C=O) groups is 4. The van der Waals surface area contributed by atoms with Crippen LogP contribution >= 0.6 is 11.6 Å². The Hall–Kier alpha value is -4.36. The fourth-order valence-corrected chi connectivity index (χ4v) is 7.66. The van der Waals surface area contributed by atoms with Crippen LogP contribution in [0.1, 0.15) is 46.1 Å². The topological polar surface area (TPSA) is 208 Å².